The lowest BCUT2D eigenvalue weighted by molar-refractivity contribution is 0.566. The average Bonchev–Trinajstić information content (AvgIpc) is 3.11. The lowest BCUT2D eigenvalue weighted by Crippen LogP contribution is -2.03. The zero-order valence-electron chi connectivity index (χ0n) is 11.2. The van der Waals surface area contributed by atoms with E-state index in [1.807, 2.05) is 49.2 Å². The molecule has 0 bridgehead atoms. The lowest BCUT2D eigenvalue weighted by Gasteiger charge is -2.08. The van der Waals surface area contributed by atoms with Crippen LogP contribution >= 0.6 is 0 Å². The summed E-state index contributed by atoms with van der Waals surface area (Å²) in [6, 6.07) is 7.81. The van der Waals surface area contributed by atoms with Crippen molar-refractivity contribution in [3.05, 3.63) is 55.4 Å². The van der Waals surface area contributed by atoms with Gasteiger partial charge in [0.2, 0.25) is 0 Å². The number of hydrogen-bond donors (Lipinski definition) is 1. The molecule has 2 N–H and O–H groups in total. The first-order valence-electron chi connectivity index (χ1n) is 6.66. The molecular formula is C15H17N5. The molecule has 5 nitrogen and oxygen atoms in total. The van der Waals surface area contributed by atoms with E-state index >= 15 is 0 Å². The summed E-state index contributed by atoms with van der Waals surface area (Å²) in [6.45, 7) is 1.89. The van der Waals surface area contributed by atoms with E-state index in [0.717, 1.165) is 36.6 Å². The molecule has 0 radical (unpaired) electrons. The lowest BCUT2D eigenvalue weighted by atomic mass is 10.2. The molecule has 0 aliphatic carbocycles. The van der Waals surface area contributed by atoms with E-state index in [1.54, 1.807) is 6.20 Å². The predicted molar refractivity (Wildman–Crippen MR) is 78.9 cm³/mol. The molecule has 0 fully saturated rings. The summed E-state index contributed by atoms with van der Waals surface area (Å²) < 4.78 is 4.25. The van der Waals surface area contributed by atoms with Gasteiger partial charge in [0.15, 0.2) is 0 Å². The Bertz CT molecular complexity index is 652. The van der Waals surface area contributed by atoms with Crippen LogP contribution in [0, 0.1) is 0 Å². The highest BCUT2D eigenvalue weighted by molar-refractivity contribution is 5.59. The van der Waals surface area contributed by atoms with E-state index in [0.29, 0.717) is 0 Å². The van der Waals surface area contributed by atoms with Crippen LogP contribution in [-0.4, -0.2) is 19.1 Å². The number of hydrogen-bond acceptors (Lipinski definition) is 3. The van der Waals surface area contributed by atoms with Gasteiger partial charge in [-0.1, -0.05) is 0 Å². The third-order valence-electron chi connectivity index (χ3n) is 3.26. The Labute approximate surface area is 117 Å². The van der Waals surface area contributed by atoms with Crippen LogP contribution in [0.25, 0.3) is 11.4 Å². The second-order valence-corrected chi connectivity index (χ2v) is 4.72. The van der Waals surface area contributed by atoms with Crippen LogP contribution in [-0.2, 0) is 13.1 Å². The van der Waals surface area contributed by atoms with Crippen molar-refractivity contribution in [2.75, 3.05) is 5.73 Å². The Hall–Kier alpha value is -2.56. The number of aryl methyl sites for hydroxylation is 2. The van der Waals surface area contributed by atoms with Gasteiger partial charge >= 0.3 is 0 Å². The molecule has 3 rings (SSSR count). The van der Waals surface area contributed by atoms with Gasteiger partial charge in [0, 0.05) is 49.1 Å². The summed E-state index contributed by atoms with van der Waals surface area (Å²) >= 11 is 0. The third-order valence-corrected chi connectivity index (χ3v) is 3.26. The summed E-state index contributed by atoms with van der Waals surface area (Å²) in [4.78, 5) is 8.48. The second kappa shape index (κ2) is 5.61. The maximum atomic E-state index is 5.72. The first-order valence-corrected chi connectivity index (χ1v) is 6.66. The van der Waals surface area contributed by atoms with E-state index in [1.165, 1.54) is 0 Å². The standard InChI is InChI=1S/C15H17N5/c16-14-4-2-13(3-5-14)15-18-7-11-20(15)9-1-8-19-10-6-17-12-19/h2-7,10-12H,1,8-9,16H2. The normalized spacial score (nSPS) is 10.8. The third kappa shape index (κ3) is 2.71. The van der Waals surface area contributed by atoms with Crippen molar-refractivity contribution < 1.29 is 0 Å². The zero-order valence-corrected chi connectivity index (χ0v) is 11.2. The van der Waals surface area contributed by atoms with Gasteiger partial charge in [-0.05, 0) is 30.7 Å². The fraction of sp³-hybridized carbons (Fsp3) is 0.200. The Morgan fingerprint density at radius 1 is 1.00 bits per heavy atom. The molecule has 0 saturated heterocycles. The van der Waals surface area contributed by atoms with Gasteiger partial charge in [-0.3, -0.25) is 0 Å². The van der Waals surface area contributed by atoms with Gasteiger partial charge < -0.3 is 14.9 Å². The number of aromatic nitrogens is 4. The number of imidazole rings is 2. The number of nitrogens with zero attached hydrogens (tertiary/aromatic N) is 4. The Morgan fingerprint density at radius 3 is 2.60 bits per heavy atom. The quantitative estimate of drug-likeness (QED) is 0.722. The molecule has 0 atom stereocenters. The number of nitrogen functional groups attached to an aromatic ring is 1. The highest BCUT2D eigenvalue weighted by Crippen LogP contribution is 2.19. The minimum atomic E-state index is 0.770. The molecule has 0 saturated carbocycles. The maximum absolute atomic E-state index is 5.72. The van der Waals surface area contributed by atoms with Gasteiger partial charge in [0.1, 0.15) is 5.82 Å². The monoisotopic (exact) mass is 267 g/mol. The molecule has 102 valence electrons. The smallest absolute Gasteiger partial charge is 0.139 e. The van der Waals surface area contributed by atoms with E-state index in [-0.39, 0.29) is 0 Å². The van der Waals surface area contributed by atoms with Gasteiger partial charge in [-0.15, -0.1) is 0 Å². The average molecular weight is 267 g/mol. The summed E-state index contributed by atoms with van der Waals surface area (Å²) in [5.41, 5.74) is 7.58. The Balaban J connectivity index is 1.68. The van der Waals surface area contributed by atoms with Gasteiger partial charge in [0.05, 0.1) is 6.33 Å². The minimum Gasteiger partial charge on any atom is -0.399 e. The molecule has 0 amide bonds. The van der Waals surface area contributed by atoms with Crippen molar-refractivity contribution in [3.63, 3.8) is 0 Å². The van der Waals surface area contributed by atoms with Crippen molar-refractivity contribution in [2.24, 2.45) is 0 Å². The first kappa shape index (κ1) is 12.5. The molecular weight excluding hydrogens is 250 g/mol. The molecule has 3 aromatic rings. The zero-order chi connectivity index (χ0) is 13.8. The van der Waals surface area contributed by atoms with Crippen LogP contribution in [0.1, 0.15) is 6.42 Å². The van der Waals surface area contributed by atoms with Crippen LogP contribution in [0.15, 0.2) is 55.4 Å². The van der Waals surface area contributed by atoms with Gasteiger partial charge in [-0.2, -0.15) is 0 Å². The molecule has 1 aromatic carbocycles. The predicted octanol–water partition coefficient (Wildman–Crippen LogP) is 2.42. The van der Waals surface area contributed by atoms with E-state index < -0.39 is 0 Å². The summed E-state index contributed by atoms with van der Waals surface area (Å²) in [7, 11) is 0. The van der Waals surface area contributed by atoms with Crippen molar-refractivity contribution in [2.45, 2.75) is 19.5 Å². The van der Waals surface area contributed by atoms with E-state index in [4.69, 9.17) is 5.73 Å². The SMILES string of the molecule is Nc1ccc(-c2nccn2CCCn2ccnc2)cc1. The molecule has 20 heavy (non-hydrogen) atoms. The fourth-order valence-electron chi connectivity index (χ4n) is 2.22. The van der Waals surface area contributed by atoms with Crippen LogP contribution in [0.2, 0.25) is 0 Å². The molecule has 5 heteroatoms. The highest BCUT2D eigenvalue weighted by Gasteiger charge is 2.05. The number of rotatable bonds is 5. The highest BCUT2D eigenvalue weighted by atomic mass is 15.1. The van der Waals surface area contributed by atoms with Crippen LogP contribution in [0.4, 0.5) is 5.69 Å². The Kier molecular flexibility index (Phi) is 3.50. The number of benzene rings is 1. The molecule has 0 spiro atoms. The number of nitrogens with two attached hydrogens (primary N) is 1. The van der Waals surface area contributed by atoms with Crippen LogP contribution < -0.4 is 5.73 Å². The fourth-order valence-corrected chi connectivity index (χ4v) is 2.22. The topological polar surface area (TPSA) is 61.7 Å². The Morgan fingerprint density at radius 2 is 1.85 bits per heavy atom. The van der Waals surface area contributed by atoms with Crippen molar-refractivity contribution in [1.29, 1.82) is 0 Å². The summed E-state index contributed by atoms with van der Waals surface area (Å²) in [6.07, 6.45) is 10.5. The molecule has 0 aliphatic rings. The van der Waals surface area contributed by atoms with E-state index in [9.17, 15) is 0 Å². The van der Waals surface area contributed by atoms with Crippen molar-refractivity contribution in [1.82, 2.24) is 19.1 Å². The molecule has 2 heterocycles. The summed E-state index contributed by atoms with van der Waals surface area (Å²) in [5.74, 6) is 0.982. The minimum absolute atomic E-state index is 0.770. The summed E-state index contributed by atoms with van der Waals surface area (Å²) in [5, 5.41) is 0. The van der Waals surface area contributed by atoms with Crippen molar-refractivity contribution in [3.8, 4) is 11.4 Å². The first-order chi connectivity index (χ1) is 9.83. The van der Waals surface area contributed by atoms with Crippen molar-refractivity contribution >= 4 is 5.69 Å². The maximum Gasteiger partial charge on any atom is 0.139 e. The van der Waals surface area contributed by atoms with Crippen LogP contribution in [0.5, 0.6) is 0 Å². The largest absolute Gasteiger partial charge is 0.399 e. The molecule has 2 aromatic heterocycles. The van der Waals surface area contributed by atoms with E-state index in [2.05, 4.69) is 19.1 Å². The van der Waals surface area contributed by atoms with Gasteiger partial charge in [0.25, 0.3) is 0 Å². The number of anilines is 1. The molecule has 0 aliphatic heterocycles. The second-order valence-electron chi connectivity index (χ2n) is 4.72. The van der Waals surface area contributed by atoms with Crippen LogP contribution in [0.3, 0.4) is 0 Å². The van der Waals surface area contributed by atoms with Gasteiger partial charge in [-0.25, -0.2) is 9.97 Å². The molecule has 0 unspecified atom stereocenters.